The molecule has 0 spiro atoms. The molecule has 4 nitrogen and oxygen atoms in total. The quantitative estimate of drug-likeness (QED) is 0.670. The van der Waals surface area contributed by atoms with Gasteiger partial charge in [-0.05, 0) is 18.3 Å². The second-order valence-electron chi connectivity index (χ2n) is 4.74. The Balaban J connectivity index is 0.000000924. The molecule has 1 heterocycles. The molecule has 3 rings (SSSR count). The van der Waals surface area contributed by atoms with Crippen LogP contribution in [0.5, 0.6) is 5.75 Å². The maximum Gasteiger partial charge on any atom is 0.331 e. The van der Waals surface area contributed by atoms with Crippen LogP contribution in [-0.4, -0.2) is 14.7 Å². The standard InChI is InChI=1S/C14H11F2N2O2P.C2H6/c1-6-2-3-8(10(21)4-6)18-13-11(16)7(15)5-9(19)12(13)17-14(18)20;1-2/h2-5,19H,21H2,1H3,(H,17,20);1-2H3. The van der Waals surface area contributed by atoms with Gasteiger partial charge in [0.2, 0.25) is 0 Å². The molecule has 1 unspecified atom stereocenters. The Morgan fingerprint density at radius 2 is 1.87 bits per heavy atom. The minimum atomic E-state index is -1.22. The number of hydrogen-bond donors (Lipinski definition) is 2. The highest BCUT2D eigenvalue weighted by atomic mass is 31.0. The van der Waals surface area contributed by atoms with Gasteiger partial charge in [-0.1, -0.05) is 31.5 Å². The molecule has 23 heavy (non-hydrogen) atoms. The van der Waals surface area contributed by atoms with E-state index in [2.05, 4.69) is 14.2 Å². The zero-order valence-corrected chi connectivity index (χ0v) is 14.1. The highest BCUT2D eigenvalue weighted by Gasteiger charge is 2.20. The molecule has 2 aromatic carbocycles. The Kier molecular flexibility index (Phi) is 4.85. The van der Waals surface area contributed by atoms with Crippen molar-refractivity contribution in [1.29, 1.82) is 0 Å². The highest BCUT2D eigenvalue weighted by molar-refractivity contribution is 7.27. The lowest BCUT2D eigenvalue weighted by atomic mass is 10.2. The first-order valence-electron chi connectivity index (χ1n) is 7.08. The molecule has 1 aromatic heterocycles. The molecule has 1 atom stereocenters. The van der Waals surface area contributed by atoms with Crippen LogP contribution in [0.4, 0.5) is 8.78 Å². The lowest BCUT2D eigenvalue weighted by Crippen LogP contribution is -2.19. The molecule has 0 aliphatic rings. The Morgan fingerprint density at radius 3 is 2.48 bits per heavy atom. The molecule has 0 saturated heterocycles. The molecule has 0 saturated carbocycles. The fourth-order valence-corrected chi connectivity index (χ4v) is 2.79. The molecule has 0 aliphatic carbocycles. The van der Waals surface area contributed by atoms with Crippen molar-refractivity contribution in [1.82, 2.24) is 9.55 Å². The second-order valence-corrected chi connectivity index (χ2v) is 5.36. The third kappa shape index (κ3) is 2.86. The Hall–Kier alpha value is -2.20. The number of aromatic hydroxyl groups is 1. The van der Waals surface area contributed by atoms with Gasteiger partial charge >= 0.3 is 5.69 Å². The number of H-pyrrole nitrogens is 1. The van der Waals surface area contributed by atoms with Crippen LogP contribution in [0.1, 0.15) is 19.4 Å². The van der Waals surface area contributed by atoms with Gasteiger partial charge in [0, 0.05) is 6.07 Å². The average Bonchev–Trinajstić information content (AvgIpc) is 2.85. The van der Waals surface area contributed by atoms with Gasteiger partial charge in [0.15, 0.2) is 11.6 Å². The van der Waals surface area contributed by atoms with Crippen molar-refractivity contribution in [2.75, 3.05) is 0 Å². The number of aromatic amines is 1. The number of fused-ring (bicyclic) bond motifs is 1. The summed E-state index contributed by atoms with van der Waals surface area (Å²) in [5.74, 6) is -2.92. The van der Waals surface area contributed by atoms with Crippen molar-refractivity contribution in [3.05, 3.63) is 51.9 Å². The minimum absolute atomic E-state index is 0.135. The second kappa shape index (κ2) is 6.50. The molecular weight excluding hydrogens is 321 g/mol. The Bertz CT molecular complexity index is 932. The van der Waals surface area contributed by atoms with Crippen molar-refractivity contribution >= 4 is 25.6 Å². The largest absolute Gasteiger partial charge is 0.506 e. The van der Waals surface area contributed by atoms with Crippen LogP contribution in [0.25, 0.3) is 16.7 Å². The molecule has 3 aromatic rings. The summed E-state index contributed by atoms with van der Waals surface area (Å²) in [6.45, 7) is 5.88. The molecule has 0 bridgehead atoms. The van der Waals surface area contributed by atoms with Crippen LogP contribution in [0.2, 0.25) is 0 Å². The summed E-state index contributed by atoms with van der Waals surface area (Å²) in [5.41, 5.74) is 0.253. The van der Waals surface area contributed by atoms with Crippen molar-refractivity contribution in [3.8, 4) is 11.4 Å². The third-order valence-electron chi connectivity index (χ3n) is 3.26. The van der Waals surface area contributed by atoms with Crippen LogP contribution in [-0.2, 0) is 0 Å². The predicted octanol–water partition coefficient (Wildman–Crippen LogP) is 3.14. The summed E-state index contributed by atoms with van der Waals surface area (Å²) in [6, 6.07) is 5.82. The summed E-state index contributed by atoms with van der Waals surface area (Å²) in [4.78, 5) is 14.4. The monoisotopic (exact) mass is 338 g/mol. The lowest BCUT2D eigenvalue weighted by Gasteiger charge is -2.09. The van der Waals surface area contributed by atoms with Gasteiger partial charge in [-0.25, -0.2) is 13.6 Å². The van der Waals surface area contributed by atoms with Crippen LogP contribution in [0.3, 0.4) is 0 Å². The molecule has 0 amide bonds. The van der Waals surface area contributed by atoms with Gasteiger partial charge in [0.1, 0.15) is 16.8 Å². The Morgan fingerprint density at radius 1 is 1.22 bits per heavy atom. The van der Waals surface area contributed by atoms with Gasteiger partial charge in [0.05, 0.1) is 5.69 Å². The highest BCUT2D eigenvalue weighted by Crippen LogP contribution is 2.28. The molecular formula is C16H17F2N2O2P. The number of nitrogens with one attached hydrogen (secondary N) is 1. The summed E-state index contributed by atoms with van der Waals surface area (Å²) in [6.07, 6.45) is 0. The van der Waals surface area contributed by atoms with Crippen LogP contribution < -0.4 is 11.0 Å². The average molecular weight is 338 g/mol. The van der Waals surface area contributed by atoms with Gasteiger partial charge in [-0.3, -0.25) is 4.57 Å². The van der Waals surface area contributed by atoms with E-state index in [4.69, 9.17) is 0 Å². The molecule has 7 heteroatoms. The van der Waals surface area contributed by atoms with E-state index < -0.39 is 23.1 Å². The summed E-state index contributed by atoms with van der Waals surface area (Å²) in [5, 5.41) is 10.3. The summed E-state index contributed by atoms with van der Waals surface area (Å²) in [7, 11) is 2.45. The number of phenolic OH excluding ortho intramolecular Hbond substituents is 1. The minimum Gasteiger partial charge on any atom is -0.506 e. The predicted molar refractivity (Wildman–Crippen MR) is 90.9 cm³/mol. The number of rotatable bonds is 1. The first kappa shape index (κ1) is 17.2. The first-order valence-corrected chi connectivity index (χ1v) is 7.66. The number of phenols is 1. The fourth-order valence-electron chi connectivity index (χ4n) is 2.30. The summed E-state index contributed by atoms with van der Waals surface area (Å²) < 4.78 is 28.6. The van der Waals surface area contributed by atoms with E-state index in [1.165, 1.54) is 0 Å². The van der Waals surface area contributed by atoms with Crippen molar-refractivity contribution in [3.63, 3.8) is 0 Å². The van der Waals surface area contributed by atoms with Gasteiger partial charge in [0.25, 0.3) is 0 Å². The van der Waals surface area contributed by atoms with E-state index in [1.807, 2.05) is 20.8 Å². The molecule has 0 radical (unpaired) electrons. The van der Waals surface area contributed by atoms with Gasteiger partial charge in [-0.15, -0.1) is 9.24 Å². The van der Waals surface area contributed by atoms with E-state index in [0.29, 0.717) is 17.1 Å². The maximum absolute atomic E-state index is 14.1. The number of benzene rings is 2. The maximum atomic E-state index is 14.1. The molecule has 0 fully saturated rings. The molecule has 2 N–H and O–H groups in total. The van der Waals surface area contributed by atoms with Crippen molar-refractivity contribution < 1.29 is 13.9 Å². The zero-order chi connectivity index (χ0) is 17.3. The van der Waals surface area contributed by atoms with E-state index in [9.17, 15) is 18.7 Å². The first-order chi connectivity index (χ1) is 10.9. The zero-order valence-electron chi connectivity index (χ0n) is 12.9. The normalized spacial score (nSPS) is 10.5. The SMILES string of the molecule is CC.Cc1ccc(-n2c(=O)[nH]c3c(O)cc(F)c(F)c32)c(P)c1. The number of imidazole rings is 1. The fraction of sp³-hybridized carbons (Fsp3) is 0.188. The Labute approximate surface area is 134 Å². The van der Waals surface area contributed by atoms with E-state index in [0.717, 1.165) is 10.1 Å². The van der Waals surface area contributed by atoms with E-state index in [-0.39, 0.29) is 11.0 Å². The van der Waals surface area contributed by atoms with E-state index in [1.54, 1.807) is 18.2 Å². The van der Waals surface area contributed by atoms with Crippen molar-refractivity contribution in [2.45, 2.75) is 20.8 Å². The van der Waals surface area contributed by atoms with Gasteiger partial charge < -0.3 is 10.1 Å². The van der Waals surface area contributed by atoms with Crippen LogP contribution in [0.15, 0.2) is 29.1 Å². The third-order valence-corrected chi connectivity index (χ3v) is 3.72. The van der Waals surface area contributed by atoms with Crippen LogP contribution >= 0.6 is 9.24 Å². The number of aromatic nitrogens is 2. The number of aryl methyl sites for hydroxylation is 1. The number of nitrogens with zero attached hydrogens (tertiary/aromatic N) is 1. The number of halogens is 2. The van der Waals surface area contributed by atoms with Crippen molar-refractivity contribution in [2.24, 2.45) is 0 Å². The lowest BCUT2D eigenvalue weighted by molar-refractivity contribution is 0.462. The number of hydrogen-bond acceptors (Lipinski definition) is 2. The topological polar surface area (TPSA) is 58.0 Å². The smallest absolute Gasteiger partial charge is 0.331 e. The van der Waals surface area contributed by atoms with Gasteiger partial charge in [-0.2, -0.15) is 0 Å². The van der Waals surface area contributed by atoms with E-state index >= 15 is 0 Å². The van der Waals surface area contributed by atoms with Crippen LogP contribution in [0, 0.1) is 18.6 Å². The molecule has 0 aliphatic heterocycles. The summed E-state index contributed by atoms with van der Waals surface area (Å²) >= 11 is 0. The molecule has 122 valence electrons.